The molecule has 3 atom stereocenters. The van der Waals surface area contributed by atoms with E-state index in [0.29, 0.717) is 5.92 Å². The topological polar surface area (TPSA) is 47.6 Å². The monoisotopic (exact) mass is 429 g/mol. The molecular formula is C26H27NO3Si. The summed E-state index contributed by atoms with van der Waals surface area (Å²) >= 11 is 0. The van der Waals surface area contributed by atoms with E-state index in [0.717, 1.165) is 40.3 Å². The molecule has 5 heteroatoms. The van der Waals surface area contributed by atoms with E-state index in [1.165, 1.54) is 5.56 Å². The van der Waals surface area contributed by atoms with E-state index >= 15 is 0 Å². The number of ether oxygens (including phenoxy) is 2. The molecule has 2 aliphatic heterocycles. The Balaban J connectivity index is 1.62. The smallest absolute Gasteiger partial charge is 0.231 e. The summed E-state index contributed by atoms with van der Waals surface area (Å²) in [6.45, 7) is 8.64. The highest BCUT2D eigenvalue weighted by Crippen LogP contribution is 2.51. The van der Waals surface area contributed by atoms with Crippen LogP contribution in [-0.4, -0.2) is 20.7 Å². The van der Waals surface area contributed by atoms with Crippen molar-refractivity contribution >= 4 is 19.5 Å². The molecule has 3 unspecified atom stereocenters. The van der Waals surface area contributed by atoms with Crippen molar-refractivity contribution in [1.82, 2.24) is 0 Å². The van der Waals surface area contributed by atoms with E-state index in [1.807, 2.05) is 18.2 Å². The first-order valence-corrected chi connectivity index (χ1v) is 14.3. The van der Waals surface area contributed by atoms with E-state index < -0.39 is 8.07 Å². The van der Waals surface area contributed by atoms with Gasteiger partial charge < -0.3 is 14.8 Å². The fourth-order valence-corrected chi connectivity index (χ4v) is 5.21. The van der Waals surface area contributed by atoms with Crippen LogP contribution in [0.25, 0.3) is 0 Å². The van der Waals surface area contributed by atoms with Crippen LogP contribution in [0.1, 0.15) is 52.4 Å². The Morgan fingerprint density at radius 2 is 1.87 bits per heavy atom. The summed E-state index contributed by atoms with van der Waals surface area (Å²) in [5.74, 6) is 5.78. The number of hydrogen-bond donors (Lipinski definition) is 1. The van der Waals surface area contributed by atoms with Gasteiger partial charge in [0.25, 0.3) is 0 Å². The molecule has 3 aliphatic rings. The second-order valence-electron chi connectivity index (χ2n) is 9.63. The summed E-state index contributed by atoms with van der Waals surface area (Å²) in [5, 5.41) is 3.78. The average molecular weight is 430 g/mol. The standard InChI is InChI=1S/C26H27NO3Si/c1-16(28)17-8-9-23-22(12-17)19-6-5-7-20(19)26(27-23)21-14-25-24(29-15-30-25)13-18(21)10-11-31(2,3)4/h5-6,8-9,12-14,19-20,26-27H,7,15H2,1-4H3. The minimum absolute atomic E-state index is 0.100. The van der Waals surface area contributed by atoms with Gasteiger partial charge in [0.2, 0.25) is 6.79 Å². The van der Waals surface area contributed by atoms with Crippen LogP contribution in [0, 0.1) is 17.4 Å². The Bertz CT molecular complexity index is 1170. The third kappa shape index (κ3) is 3.66. The fraction of sp³-hybridized carbons (Fsp3) is 0.346. The Morgan fingerprint density at radius 1 is 1.10 bits per heavy atom. The number of carbonyl (C=O) groups excluding carboxylic acids is 1. The van der Waals surface area contributed by atoms with E-state index in [1.54, 1.807) is 6.92 Å². The lowest BCUT2D eigenvalue weighted by molar-refractivity contribution is 0.101. The van der Waals surface area contributed by atoms with Crippen molar-refractivity contribution in [2.75, 3.05) is 12.1 Å². The maximum Gasteiger partial charge on any atom is 0.231 e. The van der Waals surface area contributed by atoms with Gasteiger partial charge in [-0.05, 0) is 54.7 Å². The van der Waals surface area contributed by atoms with Crippen molar-refractivity contribution in [3.05, 3.63) is 64.7 Å². The number of nitrogens with one attached hydrogen (secondary N) is 1. The normalized spacial score (nSPS) is 22.8. The highest BCUT2D eigenvalue weighted by molar-refractivity contribution is 6.83. The van der Waals surface area contributed by atoms with Crippen LogP contribution in [0.15, 0.2) is 42.5 Å². The van der Waals surface area contributed by atoms with E-state index in [9.17, 15) is 4.79 Å². The molecule has 2 heterocycles. The van der Waals surface area contributed by atoms with Crippen LogP contribution in [0.2, 0.25) is 19.6 Å². The number of fused-ring (bicyclic) bond motifs is 4. The Kier molecular flexibility index (Phi) is 4.71. The molecular weight excluding hydrogens is 402 g/mol. The van der Waals surface area contributed by atoms with Crippen molar-refractivity contribution in [2.24, 2.45) is 5.92 Å². The molecule has 0 bridgehead atoms. The van der Waals surface area contributed by atoms with Crippen LogP contribution in [-0.2, 0) is 0 Å². The molecule has 2 aromatic carbocycles. The number of allylic oxidation sites excluding steroid dienone is 2. The zero-order valence-corrected chi connectivity index (χ0v) is 19.4. The molecule has 0 fully saturated rings. The van der Waals surface area contributed by atoms with Gasteiger partial charge in [0.1, 0.15) is 8.07 Å². The molecule has 31 heavy (non-hydrogen) atoms. The predicted molar refractivity (Wildman–Crippen MR) is 126 cm³/mol. The largest absolute Gasteiger partial charge is 0.454 e. The second kappa shape index (κ2) is 7.32. The molecule has 0 spiro atoms. The van der Waals surface area contributed by atoms with Crippen molar-refractivity contribution in [3.8, 4) is 23.0 Å². The van der Waals surface area contributed by atoms with Crippen LogP contribution in [0.3, 0.4) is 0 Å². The summed E-state index contributed by atoms with van der Waals surface area (Å²) in [7, 11) is -1.54. The Hall–Kier alpha value is -2.97. The third-order valence-electron chi connectivity index (χ3n) is 6.22. The predicted octanol–water partition coefficient (Wildman–Crippen LogP) is 5.67. The lowest BCUT2D eigenvalue weighted by Gasteiger charge is -2.38. The van der Waals surface area contributed by atoms with Gasteiger partial charge in [-0.15, -0.1) is 5.54 Å². The number of ketones is 1. The van der Waals surface area contributed by atoms with Gasteiger partial charge in [-0.25, -0.2) is 0 Å². The first-order valence-electron chi connectivity index (χ1n) is 10.8. The van der Waals surface area contributed by atoms with Gasteiger partial charge in [-0.1, -0.05) is 37.7 Å². The molecule has 0 aromatic heterocycles. The molecule has 5 rings (SSSR count). The zero-order chi connectivity index (χ0) is 21.8. The van der Waals surface area contributed by atoms with Crippen molar-refractivity contribution < 1.29 is 14.3 Å². The minimum Gasteiger partial charge on any atom is -0.454 e. The quantitative estimate of drug-likeness (QED) is 0.289. The molecule has 0 amide bonds. The average Bonchev–Trinajstić information content (AvgIpc) is 3.39. The first-order chi connectivity index (χ1) is 14.8. The summed E-state index contributed by atoms with van der Waals surface area (Å²) < 4.78 is 11.4. The van der Waals surface area contributed by atoms with E-state index in [4.69, 9.17) is 9.47 Å². The molecule has 158 valence electrons. The third-order valence-corrected chi connectivity index (χ3v) is 7.10. The number of benzene rings is 2. The number of hydrogen-bond acceptors (Lipinski definition) is 4. The van der Waals surface area contributed by atoms with Gasteiger partial charge in [0, 0.05) is 28.8 Å². The van der Waals surface area contributed by atoms with Crippen molar-refractivity contribution in [2.45, 2.75) is 44.9 Å². The molecule has 1 aliphatic carbocycles. The first kappa shape index (κ1) is 20.0. The lowest BCUT2D eigenvalue weighted by atomic mass is 9.75. The zero-order valence-electron chi connectivity index (χ0n) is 18.4. The van der Waals surface area contributed by atoms with Crippen molar-refractivity contribution in [3.63, 3.8) is 0 Å². The maximum atomic E-state index is 11.9. The van der Waals surface area contributed by atoms with Crippen LogP contribution < -0.4 is 14.8 Å². The van der Waals surface area contributed by atoms with Gasteiger partial charge in [-0.2, -0.15) is 0 Å². The van der Waals surface area contributed by atoms with Crippen LogP contribution in [0.5, 0.6) is 11.5 Å². The van der Waals surface area contributed by atoms with Gasteiger partial charge in [-0.3, -0.25) is 4.79 Å². The number of Topliss-reactive ketones (excluding diaryl/α,β-unsaturated/α-hetero) is 1. The van der Waals surface area contributed by atoms with Crippen LogP contribution >= 0.6 is 0 Å². The van der Waals surface area contributed by atoms with Crippen LogP contribution in [0.4, 0.5) is 5.69 Å². The summed E-state index contributed by atoms with van der Waals surface area (Å²) in [6.07, 6.45) is 5.54. The molecule has 2 aromatic rings. The highest BCUT2D eigenvalue weighted by atomic mass is 28.3. The molecule has 0 saturated carbocycles. The molecule has 0 saturated heterocycles. The Morgan fingerprint density at radius 3 is 2.61 bits per heavy atom. The summed E-state index contributed by atoms with van der Waals surface area (Å²) in [5.41, 5.74) is 8.75. The number of anilines is 1. The Labute approximate surface area is 184 Å². The van der Waals surface area contributed by atoms with E-state index in [-0.39, 0.29) is 24.5 Å². The fourth-order valence-electron chi connectivity index (χ4n) is 4.70. The lowest BCUT2D eigenvalue weighted by Crippen LogP contribution is -2.30. The van der Waals surface area contributed by atoms with Gasteiger partial charge in [0.15, 0.2) is 17.3 Å². The van der Waals surface area contributed by atoms with Gasteiger partial charge >= 0.3 is 0 Å². The van der Waals surface area contributed by atoms with E-state index in [2.05, 4.69) is 60.7 Å². The number of carbonyl (C=O) groups is 1. The molecule has 0 radical (unpaired) electrons. The van der Waals surface area contributed by atoms with Gasteiger partial charge in [0.05, 0.1) is 6.04 Å². The highest BCUT2D eigenvalue weighted by Gasteiger charge is 2.39. The number of rotatable bonds is 2. The SMILES string of the molecule is CC(=O)c1ccc2c(c1)C1C=CCC1C(c1cc3c(cc1C#C[Si](C)(C)C)OCO3)N2. The maximum absolute atomic E-state index is 11.9. The van der Waals surface area contributed by atoms with Crippen molar-refractivity contribution in [1.29, 1.82) is 0 Å². The second-order valence-corrected chi connectivity index (χ2v) is 14.4. The molecule has 4 nitrogen and oxygen atoms in total. The molecule has 1 N–H and O–H groups in total. The summed E-state index contributed by atoms with van der Waals surface area (Å²) in [4.78, 5) is 11.9. The minimum atomic E-state index is -1.54. The summed E-state index contributed by atoms with van der Waals surface area (Å²) in [6, 6.07) is 10.3.